The summed E-state index contributed by atoms with van der Waals surface area (Å²) in [6.07, 6.45) is 6.12. The third-order valence-electron chi connectivity index (χ3n) is 4.41. The molecule has 1 heterocycles. The molecule has 2 aliphatic rings. The maximum atomic E-state index is 13.2. The molecule has 1 aromatic rings. The molecule has 0 radical (unpaired) electrons. The van der Waals surface area contributed by atoms with Crippen molar-refractivity contribution in [2.45, 2.75) is 44.2 Å². The van der Waals surface area contributed by atoms with Crippen LogP contribution in [0.15, 0.2) is 18.2 Å². The van der Waals surface area contributed by atoms with Gasteiger partial charge in [0.25, 0.3) is 0 Å². The molecule has 0 spiro atoms. The van der Waals surface area contributed by atoms with Crippen molar-refractivity contribution in [3.05, 3.63) is 29.6 Å². The smallest absolute Gasteiger partial charge is 0.123 e. The van der Waals surface area contributed by atoms with Crippen LogP contribution in [0.1, 0.15) is 31.2 Å². The van der Waals surface area contributed by atoms with E-state index in [2.05, 4.69) is 4.90 Å². The Morgan fingerprint density at radius 1 is 1.30 bits per heavy atom. The van der Waals surface area contributed by atoms with Crippen molar-refractivity contribution in [1.82, 2.24) is 4.90 Å². The Morgan fingerprint density at radius 2 is 2.10 bits per heavy atom. The lowest BCUT2D eigenvalue weighted by Crippen LogP contribution is -2.41. The topological polar surface area (TPSA) is 12.5 Å². The largest absolute Gasteiger partial charge is 0.488 e. The summed E-state index contributed by atoms with van der Waals surface area (Å²) in [6, 6.07) is 5.45. The summed E-state index contributed by atoms with van der Waals surface area (Å²) in [7, 11) is 0. The van der Waals surface area contributed by atoms with Crippen LogP contribution in [0.25, 0.3) is 0 Å². The third kappa shape index (κ3) is 3.09. The first-order chi connectivity index (χ1) is 9.76. The first kappa shape index (κ1) is 14.2. The maximum Gasteiger partial charge on any atom is 0.123 e. The zero-order chi connectivity index (χ0) is 13.9. The summed E-state index contributed by atoms with van der Waals surface area (Å²) in [6.45, 7) is 1.81. The molecule has 110 valence electrons. The van der Waals surface area contributed by atoms with E-state index in [4.69, 9.17) is 16.3 Å². The highest BCUT2D eigenvalue weighted by Gasteiger charge is 2.29. The summed E-state index contributed by atoms with van der Waals surface area (Å²) < 4.78 is 19.2. The van der Waals surface area contributed by atoms with Gasteiger partial charge < -0.3 is 4.74 Å². The van der Waals surface area contributed by atoms with E-state index in [-0.39, 0.29) is 11.9 Å². The van der Waals surface area contributed by atoms with Crippen LogP contribution in [0.3, 0.4) is 0 Å². The van der Waals surface area contributed by atoms with Gasteiger partial charge >= 0.3 is 0 Å². The Balaban J connectivity index is 1.62. The van der Waals surface area contributed by atoms with Gasteiger partial charge in [0.1, 0.15) is 17.7 Å². The second kappa shape index (κ2) is 6.31. The van der Waals surface area contributed by atoms with Crippen molar-refractivity contribution in [2.24, 2.45) is 0 Å². The molecule has 20 heavy (non-hydrogen) atoms. The molecule has 1 unspecified atom stereocenters. The van der Waals surface area contributed by atoms with Gasteiger partial charge in [0, 0.05) is 37.0 Å². The SMILES string of the molecule is Fc1ccc2c(c1)CC(CN(CCCl)C1CCCC1)O2. The second-order valence-corrected chi connectivity index (χ2v) is 6.20. The van der Waals surface area contributed by atoms with Crippen molar-refractivity contribution < 1.29 is 9.13 Å². The molecular formula is C16H21ClFNO. The van der Waals surface area contributed by atoms with Crippen molar-refractivity contribution >= 4 is 11.6 Å². The summed E-state index contributed by atoms with van der Waals surface area (Å²) in [5, 5.41) is 0. The van der Waals surface area contributed by atoms with Gasteiger partial charge in [-0.05, 0) is 31.0 Å². The van der Waals surface area contributed by atoms with E-state index in [0.717, 1.165) is 30.8 Å². The Labute approximate surface area is 124 Å². The molecule has 1 fully saturated rings. The molecule has 1 aliphatic heterocycles. The standard InChI is InChI=1S/C16H21ClFNO/c17-7-8-19(14-3-1-2-4-14)11-15-10-12-9-13(18)5-6-16(12)20-15/h5-6,9,14-15H,1-4,7-8,10-11H2. The molecule has 1 aliphatic carbocycles. The van der Waals surface area contributed by atoms with Crippen LogP contribution in [0, 0.1) is 5.82 Å². The fourth-order valence-corrected chi connectivity index (χ4v) is 3.67. The number of fused-ring (bicyclic) bond motifs is 1. The van der Waals surface area contributed by atoms with E-state index >= 15 is 0 Å². The number of alkyl halides is 1. The van der Waals surface area contributed by atoms with Crippen LogP contribution in [-0.2, 0) is 6.42 Å². The fourth-order valence-electron chi connectivity index (χ4n) is 3.45. The lowest BCUT2D eigenvalue weighted by molar-refractivity contribution is 0.123. The molecule has 4 heteroatoms. The average molecular weight is 298 g/mol. The molecule has 1 saturated carbocycles. The number of benzene rings is 1. The molecule has 1 aromatic carbocycles. The zero-order valence-corrected chi connectivity index (χ0v) is 12.4. The molecule has 0 N–H and O–H groups in total. The number of rotatable bonds is 5. The van der Waals surface area contributed by atoms with E-state index in [1.165, 1.54) is 31.7 Å². The van der Waals surface area contributed by atoms with E-state index in [1.807, 2.05) is 0 Å². The van der Waals surface area contributed by atoms with Gasteiger partial charge in [-0.3, -0.25) is 4.90 Å². The summed E-state index contributed by atoms with van der Waals surface area (Å²) in [4.78, 5) is 2.47. The van der Waals surface area contributed by atoms with Crippen molar-refractivity contribution in [1.29, 1.82) is 0 Å². The average Bonchev–Trinajstić information content (AvgIpc) is 3.06. The summed E-state index contributed by atoms with van der Waals surface area (Å²) >= 11 is 5.94. The van der Waals surface area contributed by atoms with E-state index < -0.39 is 0 Å². The minimum absolute atomic E-state index is 0.135. The van der Waals surface area contributed by atoms with Gasteiger partial charge in [0.2, 0.25) is 0 Å². The van der Waals surface area contributed by atoms with Gasteiger partial charge in [-0.15, -0.1) is 11.6 Å². The monoisotopic (exact) mass is 297 g/mol. The van der Waals surface area contributed by atoms with Crippen LogP contribution in [0.5, 0.6) is 5.75 Å². The molecule has 2 nitrogen and oxygen atoms in total. The van der Waals surface area contributed by atoms with Crippen LogP contribution in [0.2, 0.25) is 0 Å². The number of ether oxygens (including phenoxy) is 1. The zero-order valence-electron chi connectivity index (χ0n) is 11.7. The second-order valence-electron chi connectivity index (χ2n) is 5.82. The minimum Gasteiger partial charge on any atom is -0.488 e. The Bertz CT molecular complexity index is 462. The minimum atomic E-state index is -0.179. The van der Waals surface area contributed by atoms with Gasteiger partial charge in [0.05, 0.1) is 0 Å². The Hall–Kier alpha value is -0.800. The predicted octanol–water partition coefficient (Wildman–Crippen LogP) is 3.61. The number of nitrogens with zero attached hydrogens (tertiary/aromatic N) is 1. The number of halogens is 2. The fraction of sp³-hybridized carbons (Fsp3) is 0.625. The normalized spacial score (nSPS) is 22.2. The highest BCUT2D eigenvalue weighted by Crippen LogP contribution is 2.31. The lowest BCUT2D eigenvalue weighted by Gasteiger charge is -2.30. The molecule has 3 rings (SSSR count). The first-order valence-electron chi connectivity index (χ1n) is 7.51. The number of hydrogen-bond donors (Lipinski definition) is 0. The highest BCUT2D eigenvalue weighted by molar-refractivity contribution is 6.18. The molecule has 1 atom stereocenters. The van der Waals surface area contributed by atoms with E-state index in [1.54, 1.807) is 12.1 Å². The highest BCUT2D eigenvalue weighted by atomic mass is 35.5. The molecule has 0 aromatic heterocycles. The Morgan fingerprint density at radius 3 is 2.85 bits per heavy atom. The van der Waals surface area contributed by atoms with Crippen molar-refractivity contribution in [3.8, 4) is 5.75 Å². The Kier molecular flexibility index (Phi) is 4.47. The van der Waals surface area contributed by atoms with Crippen molar-refractivity contribution in [3.63, 3.8) is 0 Å². The predicted molar refractivity (Wildman–Crippen MR) is 79.1 cm³/mol. The summed E-state index contributed by atoms with van der Waals surface area (Å²) in [5.41, 5.74) is 0.993. The van der Waals surface area contributed by atoms with E-state index in [0.29, 0.717) is 11.9 Å². The van der Waals surface area contributed by atoms with Crippen LogP contribution in [0.4, 0.5) is 4.39 Å². The summed E-state index contributed by atoms with van der Waals surface area (Å²) in [5.74, 6) is 1.32. The third-order valence-corrected chi connectivity index (χ3v) is 4.58. The van der Waals surface area contributed by atoms with Crippen molar-refractivity contribution in [2.75, 3.05) is 19.0 Å². The van der Waals surface area contributed by atoms with Gasteiger partial charge in [-0.1, -0.05) is 12.8 Å². The van der Waals surface area contributed by atoms with Crippen LogP contribution >= 0.6 is 11.6 Å². The first-order valence-corrected chi connectivity index (χ1v) is 8.05. The van der Waals surface area contributed by atoms with Gasteiger partial charge in [0.15, 0.2) is 0 Å². The van der Waals surface area contributed by atoms with E-state index in [9.17, 15) is 4.39 Å². The van der Waals surface area contributed by atoms with Gasteiger partial charge in [-0.25, -0.2) is 4.39 Å². The number of hydrogen-bond acceptors (Lipinski definition) is 2. The molecule has 0 saturated heterocycles. The van der Waals surface area contributed by atoms with Gasteiger partial charge in [-0.2, -0.15) is 0 Å². The van der Waals surface area contributed by atoms with Crippen LogP contribution < -0.4 is 4.74 Å². The molecule has 0 amide bonds. The maximum absolute atomic E-state index is 13.2. The van der Waals surface area contributed by atoms with Crippen LogP contribution in [-0.4, -0.2) is 36.0 Å². The molecule has 0 bridgehead atoms. The quantitative estimate of drug-likeness (QED) is 0.770. The molecular weight excluding hydrogens is 277 g/mol. The lowest BCUT2D eigenvalue weighted by atomic mass is 10.1.